The second kappa shape index (κ2) is 9.78. The fourth-order valence-electron chi connectivity index (χ4n) is 7.05. The van der Waals surface area contributed by atoms with Crippen molar-refractivity contribution in [3.8, 4) is 5.75 Å². The summed E-state index contributed by atoms with van der Waals surface area (Å²) in [5, 5.41) is 3.51. The monoisotopic (exact) mass is 567 g/mol. The zero-order chi connectivity index (χ0) is 28.4. The lowest BCUT2D eigenvalue weighted by molar-refractivity contribution is -0.136. The Hall–Kier alpha value is -4.02. The molecule has 10 heteroatoms. The Balaban J connectivity index is 0.874. The van der Waals surface area contributed by atoms with Crippen LogP contribution in [0.2, 0.25) is 0 Å². The third kappa shape index (κ3) is 4.49. The number of aromatic nitrogens is 1. The molecule has 10 nitrogen and oxygen atoms in total. The third-order valence-electron chi connectivity index (χ3n) is 9.37. The first-order valence-corrected chi connectivity index (χ1v) is 14.8. The number of nitrogens with zero attached hydrogens (tertiary/aromatic N) is 4. The van der Waals surface area contributed by atoms with Crippen LogP contribution in [0.3, 0.4) is 0 Å². The van der Waals surface area contributed by atoms with Crippen LogP contribution in [0.25, 0.3) is 10.9 Å². The number of nitrogens with one attached hydrogen (secondary N) is 1. The lowest BCUT2D eigenvalue weighted by Crippen LogP contribution is -2.66. The van der Waals surface area contributed by atoms with Gasteiger partial charge in [-0.15, -0.1) is 0 Å². The first-order chi connectivity index (χ1) is 20.4. The van der Waals surface area contributed by atoms with Gasteiger partial charge in [-0.25, -0.2) is 4.98 Å². The zero-order valence-corrected chi connectivity index (χ0v) is 23.4. The first kappa shape index (κ1) is 25.7. The molecular weight excluding hydrogens is 534 g/mol. The SMILES string of the molecule is O=C1CCC(N2Cc3cc(O[C@H]4CCN(Cc5ccc6nc(N7CC8(COC8)C7)ccc6c5)C4)ccc3C2=O)C(=O)N1. The van der Waals surface area contributed by atoms with Crippen LogP contribution in [-0.2, 0) is 27.4 Å². The van der Waals surface area contributed by atoms with Crippen molar-refractivity contribution >= 4 is 34.4 Å². The highest BCUT2D eigenvalue weighted by Crippen LogP contribution is 2.40. The molecule has 3 amide bonds. The second-order valence-electron chi connectivity index (χ2n) is 12.5. The summed E-state index contributed by atoms with van der Waals surface area (Å²) in [5.74, 6) is 0.939. The Morgan fingerprint density at radius 3 is 2.71 bits per heavy atom. The van der Waals surface area contributed by atoms with Crippen molar-refractivity contribution in [1.82, 2.24) is 20.1 Å². The molecule has 4 fully saturated rings. The summed E-state index contributed by atoms with van der Waals surface area (Å²) in [7, 11) is 0. The number of hydrogen-bond donors (Lipinski definition) is 1. The molecule has 0 aliphatic carbocycles. The van der Waals surface area contributed by atoms with Gasteiger partial charge in [0.1, 0.15) is 23.7 Å². The van der Waals surface area contributed by atoms with Crippen LogP contribution >= 0.6 is 0 Å². The number of piperidine rings is 1. The molecule has 1 unspecified atom stereocenters. The van der Waals surface area contributed by atoms with E-state index in [1.54, 1.807) is 11.0 Å². The van der Waals surface area contributed by atoms with Gasteiger partial charge in [0.2, 0.25) is 11.8 Å². The highest BCUT2D eigenvalue weighted by atomic mass is 16.5. The molecule has 8 rings (SSSR count). The summed E-state index contributed by atoms with van der Waals surface area (Å²) in [6.07, 6.45) is 1.60. The van der Waals surface area contributed by atoms with Crippen LogP contribution in [0.4, 0.5) is 5.82 Å². The standard InChI is InChI=1S/C32H33N5O5/c38-29-8-6-27(30(39)34-29)37-14-22-12-23(3-4-25(22)31(37)40)42-24-9-10-35(15-24)13-20-1-5-26-21(11-20)2-7-28(33-26)36-16-32(17-36)18-41-19-32/h1-5,7,11-12,24,27H,6,8-10,13-19H2,(H,34,38,39)/t24-,27?/m0/s1. The number of hydrogen-bond acceptors (Lipinski definition) is 8. The Bertz CT molecular complexity index is 1610. The summed E-state index contributed by atoms with van der Waals surface area (Å²) in [5.41, 5.74) is 4.11. The van der Waals surface area contributed by atoms with Gasteiger partial charge < -0.3 is 19.3 Å². The molecular formula is C32H33N5O5. The van der Waals surface area contributed by atoms with Crippen LogP contribution in [0.15, 0.2) is 48.5 Å². The molecule has 2 aromatic carbocycles. The van der Waals surface area contributed by atoms with E-state index in [1.165, 1.54) is 5.56 Å². The Morgan fingerprint density at radius 2 is 1.90 bits per heavy atom. The molecule has 216 valence electrons. The fourth-order valence-corrected chi connectivity index (χ4v) is 7.05. The molecule has 1 N–H and O–H groups in total. The number of imide groups is 1. The maximum atomic E-state index is 13.0. The van der Waals surface area contributed by atoms with Crippen molar-refractivity contribution in [2.45, 2.75) is 44.5 Å². The quantitative estimate of drug-likeness (QED) is 0.454. The number of ether oxygens (including phenoxy) is 2. The molecule has 42 heavy (non-hydrogen) atoms. The zero-order valence-electron chi connectivity index (χ0n) is 23.4. The Labute approximate surface area is 243 Å². The van der Waals surface area contributed by atoms with Crippen LogP contribution in [-0.4, -0.2) is 84.0 Å². The van der Waals surface area contributed by atoms with Gasteiger partial charge in [-0.05, 0) is 66.4 Å². The smallest absolute Gasteiger partial charge is 0.255 e. The lowest BCUT2D eigenvalue weighted by Gasteiger charge is -2.55. The average molecular weight is 568 g/mol. The normalized spacial score (nSPS) is 25.0. The van der Waals surface area contributed by atoms with Crippen LogP contribution in [0.1, 0.15) is 40.7 Å². The number of carbonyl (C=O) groups is 3. The molecule has 5 aliphatic rings. The van der Waals surface area contributed by atoms with Crippen molar-refractivity contribution in [3.63, 3.8) is 0 Å². The molecule has 0 saturated carbocycles. The number of benzene rings is 2. The van der Waals surface area contributed by atoms with E-state index in [2.05, 4.69) is 45.4 Å². The maximum Gasteiger partial charge on any atom is 0.255 e. The number of anilines is 1. The Morgan fingerprint density at radius 1 is 1.02 bits per heavy atom. The van der Waals surface area contributed by atoms with Crippen molar-refractivity contribution in [2.75, 3.05) is 44.3 Å². The molecule has 1 spiro atoms. The van der Waals surface area contributed by atoms with E-state index in [4.69, 9.17) is 14.5 Å². The van der Waals surface area contributed by atoms with Gasteiger partial charge in [0, 0.05) is 56.6 Å². The van der Waals surface area contributed by atoms with E-state index >= 15 is 0 Å². The van der Waals surface area contributed by atoms with Crippen molar-refractivity contribution < 1.29 is 23.9 Å². The molecule has 4 saturated heterocycles. The molecule has 0 radical (unpaired) electrons. The molecule has 5 aliphatic heterocycles. The fraction of sp³-hybridized carbons (Fsp3) is 0.438. The predicted molar refractivity (Wildman–Crippen MR) is 154 cm³/mol. The average Bonchev–Trinajstić information content (AvgIpc) is 3.50. The predicted octanol–water partition coefficient (Wildman–Crippen LogP) is 2.49. The number of fused-ring (bicyclic) bond motifs is 2. The van der Waals surface area contributed by atoms with Gasteiger partial charge >= 0.3 is 0 Å². The number of amides is 3. The van der Waals surface area contributed by atoms with Gasteiger partial charge in [-0.3, -0.25) is 24.6 Å². The molecule has 6 heterocycles. The van der Waals surface area contributed by atoms with Gasteiger partial charge in [0.05, 0.1) is 24.1 Å². The summed E-state index contributed by atoms with van der Waals surface area (Å²) in [6, 6.07) is 15.8. The topological polar surface area (TPSA) is 104 Å². The van der Waals surface area contributed by atoms with Crippen molar-refractivity contribution in [1.29, 1.82) is 0 Å². The van der Waals surface area contributed by atoms with E-state index in [9.17, 15) is 14.4 Å². The van der Waals surface area contributed by atoms with E-state index in [0.717, 1.165) is 80.4 Å². The summed E-state index contributed by atoms with van der Waals surface area (Å²) >= 11 is 0. The maximum absolute atomic E-state index is 13.0. The molecule has 3 aromatic rings. The van der Waals surface area contributed by atoms with E-state index in [0.29, 0.717) is 23.9 Å². The third-order valence-corrected chi connectivity index (χ3v) is 9.37. The summed E-state index contributed by atoms with van der Waals surface area (Å²) < 4.78 is 11.7. The van der Waals surface area contributed by atoms with E-state index in [-0.39, 0.29) is 24.3 Å². The van der Waals surface area contributed by atoms with E-state index < -0.39 is 11.9 Å². The molecule has 0 bridgehead atoms. The lowest BCUT2D eigenvalue weighted by atomic mass is 9.78. The number of likely N-dealkylation sites (tertiary alicyclic amines) is 1. The van der Waals surface area contributed by atoms with Crippen LogP contribution in [0.5, 0.6) is 5.75 Å². The minimum absolute atomic E-state index is 0.0666. The number of carbonyl (C=O) groups excluding carboxylic acids is 3. The van der Waals surface area contributed by atoms with Crippen molar-refractivity contribution in [2.24, 2.45) is 5.41 Å². The van der Waals surface area contributed by atoms with Gasteiger partial charge in [0.25, 0.3) is 5.91 Å². The van der Waals surface area contributed by atoms with Gasteiger partial charge in [-0.1, -0.05) is 6.07 Å². The number of pyridine rings is 1. The first-order valence-electron chi connectivity index (χ1n) is 14.8. The van der Waals surface area contributed by atoms with Crippen LogP contribution < -0.4 is 15.0 Å². The van der Waals surface area contributed by atoms with Crippen molar-refractivity contribution in [3.05, 3.63) is 65.2 Å². The highest BCUT2D eigenvalue weighted by Gasteiger charge is 2.49. The Kier molecular flexibility index (Phi) is 5.98. The van der Waals surface area contributed by atoms with Gasteiger partial charge in [0.15, 0.2) is 0 Å². The summed E-state index contributed by atoms with van der Waals surface area (Å²) in [6.45, 7) is 6.80. The molecule has 2 atom stereocenters. The molecule has 1 aromatic heterocycles. The van der Waals surface area contributed by atoms with Gasteiger partial charge in [-0.2, -0.15) is 0 Å². The number of rotatable bonds is 6. The summed E-state index contributed by atoms with van der Waals surface area (Å²) in [4.78, 5) is 48.1. The largest absolute Gasteiger partial charge is 0.489 e. The minimum Gasteiger partial charge on any atom is -0.489 e. The second-order valence-corrected chi connectivity index (χ2v) is 12.5. The highest BCUT2D eigenvalue weighted by molar-refractivity contribution is 6.05. The van der Waals surface area contributed by atoms with Crippen LogP contribution in [0, 0.1) is 5.41 Å². The van der Waals surface area contributed by atoms with E-state index in [1.807, 2.05) is 12.1 Å². The minimum atomic E-state index is -0.612.